The Bertz CT molecular complexity index is 449. The number of aromatic nitrogens is 1. The van der Waals surface area contributed by atoms with Crippen LogP contribution < -0.4 is 0 Å². The first-order chi connectivity index (χ1) is 9.43. The van der Waals surface area contributed by atoms with Crippen molar-refractivity contribution in [3.8, 4) is 0 Å². The van der Waals surface area contributed by atoms with E-state index in [0.29, 0.717) is 23.9 Å². The minimum Gasteiger partial charge on any atom is -0.377 e. The van der Waals surface area contributed by atoms with Crippen molar-refractivity contribution in [3.63, 3.8) is 0 Å². The third-order valence-electron chi connectivity index (χ3n) is 2.82. The summed E-state index contributed by atoms with van der Waals surface area (Å²) in [6, 6.07) is 3.43. The minimum absolute atomic E-state index is 0.0565. The van der Waals surface area contributed by atoms with Crippen molar-refractivity contribution in [2.75, 3.05) is 20.2 Å². The second kappa shape index (κ2) is 8.22. The van der Waals surface area contributed by atoms with Crippen LogP contribution in [0.2, 0.25) is 5.15 Å². The van der Waals surface area contributed by atoms with Gasteiger partial charge in [0.05, 0.1) is 12.7 Å². The van der Waals surface area contributed by atoms with Crippen molar-refractivity contribution < 1.29 is 9.53 Å². The molecule has 112 valence electrons. The number of pyridine rings is 1. The normalized spacial score (nSPS) is 10.9. The molecule has 0 radical (unpaired) electrons. The van der Waals surface area contributed by atoms with Crippen LogP contribution in [0.4, 0.5) is 0 Å². The molecule has 0 saturated heterocycles. The lowest BCUT2D eigenvalue weighted by atomic mass is 10.1. The number of rotatable bonds is 7. The van der Waals surface area contributed by atoms with Gasteiger partial charge in [-0.1, -0.05) is 24.9 Å². The fraction of sp³-hybridized carbons (Fsp3) is 0.600. The fourth-order valence-electron chi connectivity index (χ4n) is 1.81. The molecular formula is C15H23ClN2O2. The highest BCUT2D eigenvalue weighted by atomic mass is 35.5. The standard InChI is InChI=1S/C15H23ClN2O2/c1-5-6-13-9-12(10-14(16)17-13)15(19)18(4)7-8-20-11(2)3/h9-11H,5-8H2,1-4H3. The Hall–Kier alpha value is -1.13. The predicted octanol–water partition coefficient (Wildman–Crippen LogP) is 3.18. The quantitative estimate of drug-likeness (QED) is 0.726. The summed E-state index contributed by atoms with van der Waals surface area (Å²) in [7, 11) is 1.76. The van der Waals surface area contributed by atoms with Crippen LogP contribution in [-0.2, 0) is 11.2 Å². The zero-order chi connectivity index (χ0) is 15.1. The molecule has 20 heavy (non-hydrogen) atoms. The van der Waals surface area contributed by atoms with E-state index in [1.807, 2.05) is 19.9 Å². The van der Waals surface area contributed by atoms with Crippen LogP contribution in [0.5, 0.6) is 0 Å². The van der Waals surface area contributed by atoms with E-state index in [2.05, 4.69) is 11.9 Å². The molecule has 5 heteroatoms. The highest BCUT2D eigenvalue weighted by Gasteiger charge is 2.14. The molecule has 1 rings (SSSR count). The van der Waals surface area contributed by atoms with Gasteiger partial charge in [0.15, 0.2) is 0 Å². The summed E-state index contributed by atoms with van der Waals surface area (Å²) < 4.78 is 5.45. The van der Waals surface area contributed by atoms with E-state index in [1.54, 1.807) is 18.0 Å². The van der Waals surface area contributed by atoms with Gasteiger partial charge in [0.1, 0.15) is 5.15 Å². The number of ether oxygens (including phenoxy) is 1. The van der Waals surface area contributed by atoms with Crippen LogP contribution in [-0.4, -0.2) is 42.1 Å². The SMILES string of the molecule is CCCc1cc(C(=O)N(C)CCOC(C)C)cc(Cl)n1. The molecule has 0 aliphatic carbocycles. The van der Waals surface area contributed by atoms with Crippen LogP contribution in [0.3, 0.4) is 0 Å². The number of nitrogens with zero attached hydrogens (tertiary/aromatic N) is 2. The summed E-state index contributed by atoms with van der Waals surface area (Å²) in [5.74, 6) is -0.0565. The summed E-state index contributed by atoms with van der Waals surface area (Å²) in [6.45, 7) is 7.10. The van der Waals surface area contributed by atoms with Crippen LogP contribution >= 0.6 is 11.6 Å². The van der Waals surface area contributed by atoms with Crippen molar-refractivity contribution in [1.29, 1.82) is 0 Å². The summed E-state index contributed by atoms with van der Waals surface area (Å²) in [6.07, 6.45) is 1.96. The molecule has 1 amide bonds. The van der Waals surface area contributed by atoms with E-state index in [9.17, 15) is 4.79 Å². The average molecular weight is 299 g/mol. The van der Waals surface area contributed by atoms with Crippen molar-refractivity contribution in [2.45, 2.75) is 39.7 Å². The number of hydrogen-bond acceptors (Lipinski definition) is 3. The third kappa shape index (κ3) is 5.47. The molecule has 0 atom stereocenters. The van der Waals surface area contributed by atoms with Gasteiger partial charge in [0.2, 0.25) is 0 Å². The van der Waals surface area contributed by atoms with Gasteiger partial charge < -0.3 is 9.64 Å². The zero-order valence-corrected chi connectivity index (χ0v) is 13.4. The van der Waals surface area contributed by atoms with E-state index < -0.39 is 0 Å². The van der Waals surface area contributed by atoms with Crippen LogP contribution in [0.25, 0.3) is 0 Å². The van der Waals surface area contributed by atoms with Gasteiger partial charge in [-0.3, -0.25) is 4.79 Å². The first-order valence-corrected chi connectivity index (χ1v) is 7.35. The molecule has 0 fully saturated rings. The molecule has 0 bridgehead atoms. The third-order valence-corrected chi connectivity index (χ3v) is 3.02. The first kappa shape index (κ1) is 16.9. The maximum absolute atomic E-state index is 12.3. The molecule has 0 N–H and O–H groups in total. The largest absolute Gasteiger partial charge is 0.377 e. The predicted molar refractivity (Wildman–Crippen MR) is 81.3 cm³/mol. The van der Waals surface area contributed by atoms with Gasteiger partial charge in [-0.05, 0) is 32.4 Å². The van der Waals surface area contributed by atoms with Crippen molar-refractivity contribution in [1.82, 2.24) is 9.88 Å². The Labute approximate surface area is 126 Å². The Balaban J connectivity index is 2.70. The number of likely N-dealkylation sites (N-methyl/N-ethyl adjacent to an activating group) is 1. The summed E-state index contributed by atoms with van der Waals surface area (Å²) in [5.41, 5.74) is 1.44. The van der Waals surface area contributed by atoms with E-state index in [0.717, 1.165) is 18.5 Å². The summed E-state index contributed by atoms with van der Waals surface area (Å²) >= 11 is 5.97. The van der Waals surface area contributed by atoms with Crippen LogP contribution in [0.1, 0.15) is 43.2 Å². The Kier molecular flexibility index (Phi) is 6.96. The van der Waals surface area contributed by atoms with Crippen molar-refractivity contribution in [3.05, 3.63) is 28.5 Å². The second-order valence-electron chi connectivity index (χ2n) is 5.07. The fourth-order valence-corrected chi connectivity index (χ4v) is 2.03. The highest BCUT2D eigenvalue weighted by molar-refractivity contribution is 6.29. The minimum atomic E-state index is -0.0565. The van der Waals surface area contributed by atoms with E-state index >= 15 is 0 Å². The smallest absolute Gasteiger partial charge is 0.253 e. The van der Waals surface area contributed by atoms with Crippen LogP contribution in [0.15, 0.2) is 12.1 Å². The van der Waals surface area contributed by atoms with Crippen molar-refractivity contribution in [2.24, 2.45) is 0 Å². The molecule has 0 aromatic carbocycles. The van der Waals surface area contributed by atoms with E-state index in [1.165, 1.54) is 0 Å². The van der Waals surface area contributed by atoms with Gasteiger partial charge in [0, 0.05) is 24.8 Å². The maximum atomic E-state index is 12.3. The van der Waals surface area contributed by atoms with Gasteiger partial charge in [0.25, 0.3) is 5.91 Å². The Morgan fingerprint density at radius 3 is 2.75 bits per heavy atom. The van der Waals surface area contributed by atoms with Gasteiger partial charge >= 0.3 is 0 Å². The molecule has 1 heterocycles. The number of halogens is 1. The molecule has 1 aromatic rings. The molecule has 0 saturated carbocycles. The monoisotopic (exact) mass is 298 g/mol. The molecule has 0 aliphatic heterocycles. The first-order valence-electron chi connectivity index (χ1n) is 6.97. The number of amides is 1. The lowest BCUT2D eigenvalue weighted by molar-refractivity contribution is 0.0532. The maximum Gasteiger partial charge on any atom is 0.253 e. The molecule has 0 spiro atoms. The average Bonchev–Trinajstić information content (AvgIpc) is 2.37. The van der Waals surface area contributed by atoms with E-state index in [4.69, 9.17) is 16.3 Å². The van der Waals surface area contributed by atoms with Gasteiger partial charge in [-0.2, -0.15) is 0 Å². The van der Waals surface area contributed by atoms with E-state index in [-0.39, 0.29) is 12.0 Å². The van der Waals surface area contributed by atoms with Crippen LogP contribution in [0, 0.1) is 0 Å². The van der Waals surface area contributed by atoms with Gasteiger partial charge in [-0.15, -0.1) is 0 Å². The Morgan fingerprint density at radius 1 is 1.45 bits per heavy atom. The summed E-state index contributed by atoms with van der Waals surface area (Å²) in [5, 5.41) is 0.367. The van der Waals surface area contributed by atoms with Crippen molar-refractivity contribution >= 4 is 17.5 Å². The Morgan fingerprint density at radius 2 is 2.15 bits per heavy atom. The molecule has 0 unspecified atom stereocenters. The lowest BCUT2D eigenvalue weighted by Crippen LogP contribution is -2.31. The highest BCUT2D eigenvalue weighted by Crippen LogP contribution is 2.14. The topological polar surface area (TPSA) is 42.4 Å². The molecular weight excluding hydrogens is 276 g/mol. The lowest BCUT2D eigenvalue weighted by Gasteiger charge is -2.18. The molecule has 4 nitrogen and oxygen atoms in total. The number of carbonyl (C=O) groups excluding carboxylic acids is 1. The van der Waals surface area contributed by atoms with Gasteiger partial charge in [-0.25, -0.2) is 4.98 Å². The summed E-state index contributed by atoms with van der Waals surface area (Å²) in [4.78, 5) is 18.2. The number of carbonyl (C=O) groups is 1. The zero-order valence-electron chi connectivity index (χ0n) is 12.6. The second-order valence-corrected chi connectivity index (χ2v) is 5.45. The number of hydrogen-bond donors (Lipinski definition) is 0. The number of aryl methyl sites for hydroxylation is 1. The molecule has 1 aromatic heterocycles. The molecule has 0 aliphatic rings.